The van der Waals surface area contributed by atoms with Crippen LogP contribution in [0.1, 0.15) is 25.8 Å². The Morgan fingerprint density at radius 3 is 2.57 bits per heavy atom. The van der Waals surface area contributed by atoms with E-state index in [4.69, 9.17) is 9.84 Å². The molecule has 1 rings (SSSR count). The molecule has 5 nitrogen and oxygen atoms in total. The number of ether oxygens (including phenoxy) is 1. The van der Waals surface area contributed by atoms with Gasteiger partial charge in [0, 0.05) is 24.2 Å². The largest absolute Gasteiger partial charge is 0.496 e. The number of amides is 1. The second-order valence-electron chi connectivity index (χ2n) is 4.84. The van der Waals surface area contributed by atoms with Crippen molar-refractivity contribution in [3.63, 3.8) is 0 Å². The molecular weight excluding hydrogens is 270 g/mol. The van der Waals surface area contributed by atoms with Gasteiger partial charge in [0.25, 0.3) is 0 Å². The predicted octanol–water partition coefficient (Wildman–Crippen LogP) is 2.42. The molecule has 114 valence electrons. The maximum atomic E-state index is 12.2. The molecule has 0 aromatic heterocycles. The molecule has 0 unspecified atom stereocenters. The van der Waals surface area contributed by atoms with Gasteiger partial charge in [0.05, 0.1) is 13.5 Å². The van der Waals surface area contributed by atoms with Gasteiger partial charge in [0.2, 0.25) is 5.91 Å². The summed E-state index contributed by atoms with van der Waals surface area (Å²) in [5.74, 6) is -0.442. The van der Waals surface area contributed by atoms with Crippen molar-refractivity contribution in [1.82, 2.24) is 4.90 Å². The normalized spacial score (nSPS) is 10.9. The summed E-state index contributed by atoms with van der Waals surface area (Å²) in [6.45, 7) is 3.91. The van der Waals surface area contributed by atoms with E-state index in [0.29, 0.717) is 5.75 Å². The van der Waals surface area contributed by atoms with Gasteiger partial charge in [0.15, 0.2) is 0 Å². The lowest BCUT2D eigenvalue weighted by Crippen LogP contribution is -2.37. The van der Waals surface area contributed by atoms with Crippen LogP contribution in [0.3, 0.4) is 0 Å². The topological polar surface area (TPSA) is 66.8 Å². The molecule has 1 aromatic rings. The minimum atomic E-state index is -0.915. The predicted molar refractivity (Wildman–Crippen MR) is 81.1 cm³/mol. The zero-order valence-corrected chi connectivity index (χ0v) is 12.6. The summed E-state index contributed by atoms with van der Waals surface area (Å²) in [5, 5.41) is 8.73. The molecule has 0 aliphatic heterocycles. The van der Waals surface area contributed by atoms with E-state index in [0.717, 1.165) is 5.56 Å². The summed E-state index contributed by atoms with van der Waals surface area (Å²) >= 11 is 0. The highest BCUT2D eigenvalue weighted by Crippen LogP contribution is 2.18. The van der Waals surface area contributed by atoms with E-state index in [2.05, 4.69) is 0 Å². The van der Waals surface area contributed by atoms with E-state index < -0.39 is 5.97 Å². The molecule has 0 bridgehead atoms. The SMILES string of the molecule is COc1ccccc1/C=C/C(=O)N(CCC(=O)O)C(C)C. The molecule has 5 heteroatoms. The number of rotatable bonds is 7. The molecule has 1 N–H and O–H groups in total. The number of hydrogen-bond donors (Lipinski definition) is 1. The van der Waals surface area contributed by atoms with Crippen LogP contribution in [0.5, 0.6) is 5.75 Å². The summed E-state index contributed by atoms with van der Waals surface area (Å²) in [6.07, 6.45) is 3.06. The summed E-state index contributed by atoms with van der Waals surface area (Å²) in [4.78, 5) is 24.3. The second-order valence-corrected chi connectivity index (χ2v) is 4.84. The fourth-order valence-corrected chi connectivity index (χ4v) is 1.90. The van der Waals surface area contributed by atoms with Crippen LogP contribution in [-0.2, 0) is 9.59 Å². The van der Waals surface area contributed by atoms with Crippen molar-refractivity contribution < 1.29 is 19.4 Å². The molecule has 21 heavy (non-hydrogen) atoms. The maximum Gasteiger partial charge on any atom is 0.305 e. The summed E-state index contributed by atoms with van der Waals surface area (Å²) in [7, 11) is 1.57. The van der Waals surface area contributed by atoms with Gasteiger partial charge in [-0.1, -0.05) is 18.2 Å². The number of aliphatic carboxylic acids is 1. The fourth-order valence-electron chi connectivity index (χ4n) is 1.90. The lowest BCUT2D eigenvalue weighted by atomic mass is 10.1. The maximum absolute atomic E-state index is 12.2. The first-order valence-corrected chi connectivity index (χ1v) is 6.79. The molecule has 0 radical (unpaired) electrons. The zero-order chi connectivity index (χ0) is 15.8. The first-order valence-electron chi connectivity index (χ1n) is 6.79. The Balaban J connectivity index is 2.80. The number of benzene rings is 1. The van der Waals surface area contributed by atoms with Gasteiger partial charge < -0.3 is 14.7 Å². The smallest absolute Gasteiger partial charge is 0.305 e. The van der Waals surface area contributed by atoms with Crippen molar-refractivity contribution in [2.45, 2.75) is 26.3 Å². The van der Waals surface area contributed by atoms with Crippen molar-refractivity contribution in [1.29, 1.82) is 0 Å². The Hall–Kier alpha value is -2.30. The van der Waals surface area contributed by atoms with Crippen LogP contribution in [0.15, 0.2) is 30.3 Å². The minimum Gasteiger partial charge on any atom is -0.496 e. The number of hydrogen-bond acceptors (Lipinski definition) is 3. The van der Waals surface area contributed by atoms with Gasteiger partial charge in [-0.3, -0.25) is 9.59 Å². The van der Waals surface area contributed by atoms with Gasteiger partial charge in [-0.25, -0.2) is 0 Å². The van der Waals surface area contributed by atoms with Crippen LogP contribution in [-0.4, -0.2) is 41.6 Å². The van der Waals surface area contributed by atoms with E-state index in [1.54, 1.807) is 13.2 Å². The Morgan fingerprint density at radius 1 is 1.33 bits per heavy atom. The van der Waals surface area contributed by atoms with Crippen LogP contribution < -0.4 is 4.74 Å². The Kier molecular flexibility index (Phi) is 6.46. The molecule has 0 saturated carbocycles. The van der Waals surface area contributed by atoms with E-state index in [1.807, 2.05) is 38.1 Å². The molecule has 0 aliphatic carbocycles. The lowest BCUT2D eigenvalue weighted by molar-refractivity contribution is -0.138. The van der Waals surface area contributed by atoms with E-state index in [9.17, 15) is 9.59 Å². The Labute approximate surface area is 124 Å². The van der Waals surface area contributed by atoms with Crippen molar-refractivity contribution >= 4 is 18.0 Å². The number of carboxylic acid groups (broad SMARTS) is 1. The van der Waals surface area contributed by atoms with Crippen LogP contribution in [0.2, 0.25) is 0 Å². The number of methoxy groups -OCH3 is 1. The van der Waals surface area contributed by atoms with Crippen LogP contribution >= 0.6 is 0 Å². The van der Waals surface area contributed by atoms with Crippen molar-refractivity contribution in [2.75, 3.05) is 13.7 Å². The molecule has 1 aromatic carbocycles. The highest BCUT2D eigenvalue weighted by Gasteiger charge is 2.15. The molecule has 0 heterocycles. The van der Waals surface area contributed by atoms with Crippen molar-refractivity contribution in [3.8, 4) is 5.75 Å². The monoisotopic (exact) mass is 291 g/mol. The van der Waals surface area contributed by atoms with Gasteiger partial charge in [-0.15, -0.1) is 0 Å². The molecule has 0 atom stereocenters. The van der Waals surface area contributed by atoms with Crippen LogP contribution in [0.4, 0.5) is 0 Å². The van der Waals surface area contributed by atoms with E-state index >= 15 is 0 Å². The number of carboxylic acids is 1. The average Bonchev–Trinajstić information content (AvgIpc) is 2.44. The second kappa shape index (κ2) is 8.09. The minimum absolute atomic E-state index is 0.0563. The Bertz CT molecular complexity index is 523. The number of carbonyl (C=O) groups excluding carboxylic acids is 1. The first kappa shape index (κ1) is 16.8. The van der Waals surface area contributed by atoms with Gasteiger partial charge in [-0.05, 0) is 26.0 Å². The molecule has 1 amide bonds. The third-order valence-corrected chi connectivity index (χ3v) is 3.02. The number of nitrogens with zero attached hydrogens (tertiary/aromatic N) is 1. The van der Waals surface area contributed by atoms with Crippen molar-refractivity contribution in [2.24, 2.45) is 0 Å². The van der Waals surface area contributed by atoms with Gasteiger partial charge in [0.1, 0.15) is 5.75 Å². The van der Waals surface area contributed by atoms with Crippen LogP contribution in [0.25, 0.3) is 6.08 Å². The zero-order valence-electron chi connectivity index (χ0n) is 12.6. The number of carbonyl (C=O) groups is 2. The molecular formula is C16H21NO4. The summed E-state index contributed by atoms with van der Waals surface area (Å²) in [5.41, 5.74) is 0.801. The third kappa shape index (κ3) is 5.30. The van der Waals surface area contributed by atoms with Gasteiger partial charge >= 0.3 is 5.97 Å². The average molecular weight is 291 g/mol. The Morgan fingerprint density at radius 2 is 2.00 bits per heavy atom. The third-order valence-electron chi connectivity index (χ3n) is 3.02. The lowest BCUT2D eigenvalue weighted by Gasteiger charge is -2.24. The van der Waals surface area contributed by atoms with Crippen LogP contribution in [0, 0.1) is 0 Å². The standard InChI is InChI=1S/C16H21NO4/c1-12(2)17(11-10-16(19)20)15(18)9-8-13-6-4-5-7-14(13)21-3/h4-9,12H,10-11H2,1-3H3,(H,19,20)/b9-8+. The summed E-state index contributed by atoms with van der Waals surface area (Å²) in [6, 6.07) is 7.32. The number of para-hydroxylation sites is 1. The quantitative estimate of drug-likeness (QED) is 0.783. The highest BCUT2D eigenvalue weighted by atomic mass is 16.5. The first-order chi connectivity index (χ1) is 9.95. The fraction of sp³-hybridized carbons (Fsp3) is 0.375. The van der Waals surface area contributed by atoms with E-state index in [1.165, 1.54) is 11.0 Å². The highest BCUT2D eigenvalue weighted by molar-refractivity contribution is 5.92. The molecule has 0 aliphatic rings. The molecule has 0 fully saturated rings. The summed E-state index contributed by atoms with van der Waals surface area (Å²) < 4.78 is 5.21. The van der Waals surface area contributed by atoms with Gasteiger partial charge in [-0.2, -0.15) is 0 Å². The van der Waals surface area contributed by atoms with E-state index in [-0.39, 0.29) is 24.9 Å². The molecule has 0 saturated heterocycles. The molecule has 0 spiro atoms. The van der Waals surface area contributed by atoms with Crippen molar-refractivity contribution in [3.05, 3.63) is 35.9 Å².